The van der Waals surface area contributed by atoms with Gasteiger partial charge < -0.3 is 4.74 Å². The van der Waals surface area contributed by atoms with Crippen LogP contribution in [-0.4, -0.2) is 28.2 Å². The van der Waals surface area contributed by atoms with Gasteiger partial charge in [-0.2, -0.15) is 0 Å². The van der Waals surface area contributed by atoms with Crippen molar-refractivity contribution in [2.45, 2.75) is 17.7 Å². The third kappa shape index (κ3) is 3.52. The van der Waals surface area contributed by atoms with Crippen LogP contribution < -0.4 is 4.72 Å². The topological polar surface area (TPSA) is 55.4 Å². The number of benzene rings is 1. The van der Waals surface area contributed by atoms with Crippen LogP contribution in [0.4, 0.5) is 0 Å². The van der Waals surface area contributed by atoms with E-state index in [-0.39, 0.29) is 0 Å². The lowest BCUT2D eigenvalue weighted by Crippen LogP contribution is -2.33. The number of hydrogen-bond donors (Lipinski definition) is 1. The van der Waals surface area contributed by atoms with Gasteiger partial charge in [0.05, 0.1) is 11.5 Å². The molecule has 0 aliphatic carbocycles. The molecule has 1 fully saturated rings. The lowest BCUT2D eigenvalue weighted by Gasteiger charge is -2.22. The van der Waals surface area contributed by atoms with Gasteiger partial charge in [-0.25, -0.2) is 13.1 Å². The predicted molar refractivity (Wildman–Crippen MR) is 65.2 cm³/mol. The molecule has 4 nitrogen and oxygen atoms in total. The molecule has 0 amide bonds. The third-order valence-electron chi connectivity index (χ3n) is 2.87. The minimum absolute atomic E-state index is 0.294. The summed E-state index contributed by atoms with van der Waals surface area (Å²) in [5.41, 5.74) is 0. The van der Waals surface area contributed by atoms with E-state index in [2.05, 4.69) is 4.72 Å². The van der Waals surface area contributed by atoms with Crippen LogP contribution in [0, 0.1) is 5.92 Å². The summed E-state index contributed by atoms with van der Waals surface area (Å²) in [7, 11) is -3.37. The third-order valence-corrected chi connectivity index (χ3v) is 4.31. The Morgan fingerprint density at radius 1 is 1.29 bits per heavy atom. The van der Waals surface area contributed by atoms with E-state index in [4.69, 9.17) is 4.74 Å². The van der Waals surface area contributed by atoms with E-state index in [1.165, 1.54) is 0 Å². The average molecular weight is 255 g/mol. The van der Waals surface area contributed by atoms with Crippen molar-refractivity contribution in [3.05, 3.63) is 30.3 Å². The Morgan fingerprint density at radius 3 is 2.71 bits per heavy atom. The molecule has 0 radical (unpaired) electrons. The van der Waals surface area contributed by atoms with Gasteiger partial charge in [-0.3, -0.25) is 0 Å². The first-order chi connectivity index (χ1) is 8.18. The maximum absolute atomic E-state index is 11.9. The highest BCUT2D eigenvalue weighted by Crippen LogP contribution is 2.14. The van der Waals surface area contributed by atoms with Crippen molar-refractivity contribution >= 4 is 10.0 Å². The van der Waals surface area contributed by atoms with Gasteiger partial charge in [0.2, 0.25) is 10.0 Å². The molecule has 0 spiro atoms. The largest absolute Gasteiger partial charge is 0.381 e. The predicted octanol–water partition coefficient (Wildman–Crippen LogP) is 1.39. The number of ether oxygens (including phenoxy) is 1. The van der Waals surface area contributed by atoms with Crippen LogP contribution in [0.1, 0.15) is 12.8 Å². The quantitative estimate of drug-likeness (QED) is 0.884. The molecule has 1 aliphatic rings. The summed E-state index contributed by atoms with van der Waals surface area (Å²) in [6.45, 7) is 1.90. The molecule has 1 N–H and O–H groups in total. The summed E-state index contributed by atoms with van der Waals surface area (Å²) < 4.78 is 31.8. The minimum Gasteiger partial charge on any atom is -0.381 e. The summed E-state index contributed by atoms with van der Waals surface area (Å²) >= 11 is 0. The molecule has 94 valence electrons. The first-order valence-corrected chi connectivity index (χ1v) is 7.29. The van der Waals surface area contributed by atoms with Crippen LogP contribution in [0.25, 0.3) is 0 Å². The highest BCUT2D eigenvalue weighted by molar-refractivity contribution is 7.89. The summed E-state index contributed by atoms with van der Waals surface area (Å²) in [6.07, 6.45) is 2.04. The van der Waals surface area contributed by atoms with E-state index in [9.17, 15) is 8.42 Å². The van der Waals surface area contributed by atoms with E-state index in [1.807, 2.05) is 0 Å². The second kappa shape index (κ2) is 5.62. The van der Waals surface area contributed by atoms with Gasteiger partial charge in [-0.1, -0.05) is 18.2 Å². The lowest BCUT2D eigenvalue weighted by molar-refractivity contribution is 0.0568. The van der Waals surface area contributed by atoms with E-state index in [0.29, 0.717) is 24.0 Å². The van der Waals surface area contributed by atoms with Crippen molar-refractivity contribution in [1.82, 2.24) is 4.72 Å². The Morgan fingerprint density at radius 2 is 2.06 bits per heavy atom. The van der Waals surface area contributed by atoms with Crippen molar-refractivity contribution in [3.63, 3.8) is 0 Å². The first-order valence-electron chi connectivity index (χ1n) is 5.81. The molecule has 0 saturated carbocycles. The van der Waals surface area contributed by atoms with Gasteiger partial charge in [0.15, 0.2) is 0 Å². The van der Waals surface area contributed by atoms with Crippen molar-refractivity contribution < 1.29 is 13.2 Å². The maximum Gasteiger partial charge on any atom is 0.240 e. The molecule has 2 rings (SSSR count). The normalized spacial score (nSPS) is 21.3. The standard InChI is InChI=1S/C12H17NO3S/c14-17(15,12-6-2-1-3-7-12)13-9-11-5-4-8-16-10-11/h1-3,6-7,11,13H,4-5,8-10H2. The smallest absolute Gasteiger partial charge is 0.240 e. The average Bonchev–Trinajstić information content (AvgIpc) is 2.39. The maximum atomic E-state index is 11.9. The van der Waals surface area contributed by atoms with Gasteiger partial charge in [-0.05, 0) is 30.9 Å². The summed E-state index contributed by atoms with van der Waals surface area (Å²) in [5, 5.41) is 0. The Balaban J connectivity index is 1.94. The van der Waals surface area contributed by atoms with Crippen LogP contribution >= 0.6 is 0 Å². The molecule has 17 heavy (non-hydrogen) atoms. The van der Waals surface area contributed by atoms with Gasteiger partial charge in [0.25, 0.3) is 0 Å². The Labute approximate surface area is 102 Å². The molecule has 5 heteroatoms. The van der Waals surface area contributed by atoms with Crippen LogP contribution in [0.2, 0.25) is 0 Å². The fourth-order valence-corrected chi connectivity index (χ4v) is 3.02. The van der Waals surface area contributed by atoms with Crippen molar-refractivity contribution in [2.24, 2.45) is 5.92 Å². The monoisotopic (exact) mass is 255 g/mol. The van der Waals surface area contributed by atoms with E-state index in [0.717, 1.165) is 19.4 Å². The van der Waals surface area contributed by atoms with Gasteiger partial charge in [0.1, 0.15) is 0 Å². The molecule has 1 unspecified atom stereocenters. The van der Waals surface area contributed by atoms with Crippen molar-refractivity contribution in [1.29, 1.82) is 0 Å². The molecule has 1 saturated heterocycles. The van der Waals surface area contributed by atoms with Crippen molar-refractivity contribution in [2.75, 3.05) is 19.8 Å². The number of sulfonamides is 1. The molecular formula is C12H17NO3S. The number of nitrogens with one attached hydrogen (secondary N) is 1. The molecule has 1 aliphatic heterocycles. The fourth-order valence-electron chi connectivity index (χ4n) is 1.88. The van der Waals surface area contributed by atoms with E-state index < -0.39 is 10.0 Å². The second-order valence-electron chi connectivity index (χ2n) is 4.25. The highest BCUT2D eigenvalue weighted by Gasteiger charge is 2.18. The van der Waals surface area contributed by atoms with Gasteiger partial charge in [-0.15, -0.1) is 0 Å². The molecule has 1 heterocycles. The minimum atomic E-state index is -3.37. The van der Waals surface area contributed by atoms with Gasteiger partial charge >= 0.3 is 0 Å². The van der Waals surface area contributed by atoms with Crippen LogP contribution in [0.15, 0.2) is 35.2 Å². The molecular weight excluding hydrogens is 238 g/mol. The SMILES string of the molecule is O=S(=O)(NCC1CCCOC1)c1ccccc1. The second-order valence-corrected chi connectivity index (χ2v) is 6.02. The zero-order chi connectivity index (χ0) is 12.1. The summed E-state index contributed by atoms with van der Waals surface area (Å²) in [6, 6.07) is 8.43. The Hall–Kier alpha value is -0.910. The Kier molecular flexibility index (Phi) is 4.15. The molecule has 0 bridgehead atoms. The van der Waals surface area contributed by atoms with Crippen molar-refractivity contribution in [3.8, 4) is 0 Å². The number of hydrogen-bond acceptors (Lipinski definition) is 3. The summed E-state index contributed by atoms with van der Waals surface area (Å²) in [5.74, 6) is 0.294. The van der Waals surface area contributed by atoms with Crippen LogP contribution in [0.5, 0.6) is 0 Å². The lowest BCUT2D eigenvalue weighted by atomic mass is 10.0. The highest BCUT2D eigenvalue weighted by atomic mass is 32.2. The zero-order valence-electron chi connectivity index (χ0n) is 9.63. The fraction of sp³-hybridized carbons (Fsp3) is 0.500. The van der Waals surface area contributed by atoms with Crippen LogP contribution in [-0.2, 0) is 14.8 Å². The van der Waals surface area contributed by atoms with Crippen LogP contribution in [0.3, 0.4) is 0 Å². The molecule has 1 aromatic rings. The summed E-state index contributed by atoms with van der Waals surface area (Å²) in [4.78, 5) is 0.316. The zero-order valence-corrected chi connectivity index (χ0v) is 10.4. The van der Waals surface area contributed by atoms with Gasteiger partial charge in [0, 0.05) is 13.2 Å². The van der Waals surface area contributed by atoms with E-state index in [1.54, 1.807) is 30.3 Å². The molecule has 1 atom stereocenters. The Bertz CT molecular complexity index is 438. The number of rotatable bonds is 4. The molecule has 1 aromatic carbocycles. The van der Waals surface area contributed by atoms with E-state index >= 15 is 0 Å². The first kappa shape index (κ1) is 12.5. The molecule has 0 aromatic heterocycles.